The Hall–Kier alpha value is -0.420. The molecule has 4 nitrogen and oxygen atoms in total. The number of carbonyl (C=O) groups is 1. The molecule has 0 bridgehead atoms. The van der Waals surface area contributed by atoms with E-state index in [-0.39, 0.29) is 18.7 Å². The molecule has 1 aliphatic rings. The van der Waals surface area contributed by atoms with Crippen LogP contribution in [0.3, 0.4) is 0 Å². The Morgan fingerprint density at radius 1 is 1.37 bits per heavy atom. The maximum atomic E-state index is 11.8. The third-order valence-electron chi connectivity index (χ3n) is 3.79. The summed E-state index contributed by atoms with van der Waals surface area (Å²) in [6.07, 6.45) is 9.91. The maximum absolute atomic E-state index is 11.8. The van der Waals surface area contributed by atoms with Crippen LogP contribution in [-0.4, -0.2) is 42.3 Å². The summed E-state index contributed by atoms with van der Waals surface area (Å²) >= 11 is 1.79. The zero-order valence-electron chi connectivity index (χ0n) is 12.0. The fraction of sp³-hybridized carbons (Fsp3) is 0.929. The first kappa shape index (κ1) is 16.6. The summed E-state index contributed by atoms with van der Waals surface area (Å²) in [7, 11) is 0. The van der Waals surface area contributed by atoms with E-state index in [9.17, 15) is 4.79 Å². The van der Waals surface area contributed by atoms with Crippen molar-refractivity contribution in [3.8, 4) is 0 Å². The van der Waals surface area contributed by atoms with Gasteiger partial charge in [-0.2, -0.15) is 11.8 Å². The van der Waals surface area contributed by atoms with Crippen molar-refractivity contribution >= 4 is 17.8 Å². The number of rotatable bonds is 8. The van der Waals surface area contributed by atoms with Gasteiger partial charge in [-0.05, 0) is 43.6 Å². The van der Waals surface area contributed by atoms with Gasteiger partial charge in [-0.15, -0.1) is 0 Å². The Balaban J connectivity index is 2.28. The normalized spacial score (nSPS) is 18.0. The molecule has 3 N–H and O–H groups in total. The summed E-state index contributed by atoms with van der Waals surface area (Å²) in [5.41, 5.74) is 0. The van der Waals surface area contributed by atoms with E-state index in [1.807, 2.05) is 0 Å². The molecule has 0 saturated heterocycles. The Kier molecular flexibility index (Phi) is 9.08. The van der Waals surface area contributed by atoms with Gasteiger partial charge in [-0.3, -0.25) is 0 Å². The number of aliphatic hydroxyl groups is 1. The molecule has 1 unspecified atom stereocenters. The van der Waals surface area contributed by atoms with Gasteiger partial charge in [0.05, 0.1) is 0 Å². The molecular weight excluding hydrogens is 260 g/mol. The predicted molar refractivity (Wildman–Crippen MR) is 81.6 cm³/mol. The Labute approximate surface area is 121 Å². The van der Waals surface area contributed by atoms with Crippen molar-refractivity contribution in [2.45, 2.75) is 51.0 Å². The molecule has 2 amide bonds. The molecule has 0 radical (unpaired) electrons. The average Bonchev–Trinajstić information content (AvgIpc) is 2.44. The number of thioether (sulfide) groups is 1. The maximum Gasteiger partial charge on any atom is 0.315 e. The van der Waals surface area contributed by atoms with Crippen LogP contribution in [0.2, 0.25) is 0 Å². The van der Waals surface area contributed by atoms with Crippen LogP contribution in [0.5, 0.6) is 0 Å². The van der Waals surface area contributed by atoms with Crippen molar-refractivity contribution in [2.75, 3.05) is 25.2 Å². The lowest BCUT2D eigenvalue weighted by Gasteiger charge is -2.30. The van der Waals surface area contributed by atoms with Gasteiger partial charge in [0, 0.05) is 19.2 Å². The topological polar surface area (TPSA) is 61.4 Å². The molecule has 0 aromatic heterocycles. The quantitative estimate of drug-likeness (QED) is 0.601. The number of hydrogen-bond donors (Lipinski definition) is 3. The second kappa shape index (κ2) is 10.4. The lowest BCUT2D eigenvalue weighted by molar-refractivity contribution is 0.197. The molecule has 0 spiro atoms. The SMILES string of the molecule is CSCCCNC(=O)NC(CCO)C1CCCCC1. The van der Waals surface area contributed by atoms with Crippen molar-refractivity contribution in [3.05, 3.63) is 0 Å². The van der Waals surface area contributed by atoms with Crippen LogP contribution < -0.4 is 10.6 Å². The van der Waals surface area contributed by atoms with Gasteiger partial charge >= 0.3 is 6.03 Å². The van der Waals surface area contributed by atoms with Gasteiger partial charge in [-0.1, -0.05) is 19.3 Å². The summed E-state index contributed by atoms with van der Waals surface area (Å²) < 4.78 is 0. The van der Waals surface area contributed by atoms with Crippen LogP contribution in [0.1, 0.15) is 44.9 Å². The van der Waals surface area contributed by atoms with E-state index in [0.29, 0.717) is 12.3 Å². The molecule has 0 heterocycles. The smallest absolute Gasteiger partial charge is 0.315 e. The van der Waals surface area contributed by atoms with Crippen molar-refractivity contribution < 1.29 is 9.90 Å². The molecule has 0 aromatic rings. The minimum Gasteiger partial charge on any atom is -0.396 e. The molecule has 1 rings (SSSR count). The van der Waals surface area contributed by atoms with Crippen molar-refractivity contribution in [2.24, 2.45) is 5.92 Å². The first-order valence-electron chi connectivity index (χ1n) is 7.42. The van der Waals surface area contributed by atoms with Crippen molar-refractivity contribution in [1.82, 2.24) is 10.6 Å². The van der Waals surface area contributed by atoms with E-state index in [2.05, 4.69) is 16.9 Å². The molecule has 0 aliphatic heterocycles. The Morgan fingerprint density at radius 3 is 2.74 bits per heavy atom. The zero-order chi connectivity index (χ0) is 13.9. The summed E-state index contributed by atoms with van der Waals surface area (Å²) in [6, 6.07) is 0.0518. The number of hydrogen-bond acceptors (Lipinski definition) is 3. The third-order valence-corrected chi connectivity index (χ3v) is 4.48. The molecule has 112 valence electrons. The van der Waals surface area contributed by atoms with E-state index < -0.39 is 0 Å². The van der Waals surface area contributed by atoms with E-state index in [4.69, 9.17) is 5.11 Å². The lowest BCUT2D eigenvalue weighted by Crippen LogP contribution is -2.46. The van der Waals surface area contributed by atoms with Crippen molar-refractivity contribution in [3.63, 3.8) is 0 Å². The third kappa shape index (κ3) is 7.06. The summed E-state index contributed by atoms with van der Waals surface area (Å²) in [5, 5.41) is 15.1. The monoisotopic (exact) mass is 288 g/mol. The standard InChI is InChI=1S/C14H28N2O2S/c1-19-11-5-9-15-14(18)16-13(8-10-17)12-6-3-2-4-7-12/h12-13,17H,2-11H2,1H3,(H2,15,16,18). The highest BCUT2D eigenvalue weighted by Crippen LogP contribution is 2.27. The van der Waals surface area contributed by atoms with Crippen LogP contribution in [0.15, 0.2) is 0 Å². The highest BCUT2D eigenvalue weighted by molar-refractivity contribution is 7.98. The van der Waals surface area contributed by atoms with E-state index >= 15 is 0 Å². The number of urea groups is 1. The predicted octanol–water partition coefficient (Wildman–Crippen LogP) is 2.37. The molecule has 5 heteroatoms. The van der Waals surface area contributed by atoms with Crippen LogP contribution in [0.4, 0.5) is 4.79 Å². The molecular formula is C14H28N2O2S. The van der Waals surface area contributed by atoms with Crippen molar-refractivity contribution in [1.29, 1.82) is 0 Å². The number of aliphatic hydroxyl groups excluding tert-OH is 1. The minimum atomic E-state index is -0.0786. The second-order valence-corrected chi connectivity index (χ2v) is 6.25. The molecule has 0 aromatic carbocycles. The largest absolute Gasteiger partial charge is 0.396 e. The highest BCUT2D eigenvalue weighted by Gasteiger charge is 2.24. The van der Waals surface area contributed by atoms with E-state index in [0.717, 1.165) is 18.7 Å². The van der Waals surface area contributed by atoms with E-state index in [1.165, 1.54) is 32.1 Å². The average molecular weight is 288 g/mol. The number of amides is 2. The van der Waals surface area contributed by atoms with E-state index in [1.54, 1.807) is 11.8 Å². The number of nitrogens with one attached hydrogen (secondary N) is 2. The zero-order valence-corrected chi connectivity index (χ0v) is 12.8. The van der Waals surface area contributed by atoms with Gasteiger partial charge in [0.25, 0.3) is 0 Å². The molecule has 1 atom stereocenters. The van der Waals surface area contributed by atoms with Gasteiger partial charge in [-0.25, -0.2) is 4.79 Å². The fourth-order valence-electron chi connectivity index (χ4n) is 2.74. The van der Waals surface area contributed by atoms with Crippen LogP contribution in [0, 0.1) is 5.92 Å². The number of carbonyl (C=O) groups excluding carboxylic acids is 1. The van der Waals surface area contributed by atoms with Gasteiger partial charge in [0.2, 0.25) is 0 Å². The Bertz CT molecular complexity index is 246. The van der Waals surface area contributed by atoms with Crippen LogP contribution in [-0.2, 0) is 0 Å². The van der Waals surface area contributed by atoms with Gasteiger partial charge in [0.15, 0.2) is 0 Å². The first-order valence-corrected chi connectivity index (χ1v) is 8.81. The van der Waals surface area contributed by atoms with Crippen LogP contribution in [0.25, 0.3) is 0 Å². The van der Waals surface area contributed by atoms with Crippen LogP contribution >= 0.6 is 11.8 Å². The fourth-order valence-corrected chi connectivity index (χ4v) is 3.17. The minimum absolute atomic E-state index is 0.0786. The molecule has 1 fully saturated rings. The molecule has 1 aliphatic carbocycles. The molecule has 19 heavy (non-hydrogen) atoms. The lowest BCUT2D eigenvalue weighted by atomic mass is 9.83. The second-order valence-electron chi connectivity index (χ2n) is 5.26. The first-order chi connectivity index (χ1) is 9.27. The molecule has 1 saturated carbocycles. The van der Waals surface area contributed by atoms with Gasteiger partial charge < -0.3 is 15.7 Å². The highest BCUT2D eigenvalue weighted by atomic mass is 32.2. The summed E-state index contributed by atoms with van der Waals surface area (Å²) in [4.78, 5) is 11.8. The Morgan fingerprint density at radius 2 is 2.11 bits per heavy atom. The van der Waals surface area contributed by atoms with Gasteiger partial charge in [0.1, 0.15) is 0 Å². The summed E-state index contributed by atoms with van der Waals surface area (Å²) in [5.74, 6) is 1.61. The summed E-state index contributed by atoms with van der Waals surface area (Å²) in [6.45, 7) is 0.872.